The average molecular weight is 470 g/mol. The van der Waals surface area contributed by atoms with Crippen LogP contribution in [0.1, 0.15) is 31.2 Å². The zero-order chi connectivity index (χ0) is 22.9. The molecule has 3 aromatic rings. The minimum atomic E-state index is -0.242. The predicted octanol–water partition coefficient (Wildman–Crippen LogP) is 5.17. The van der Waals surface area contributed by atoms with Gasteiger partial charge in [0.25, 0.3) is 0 Å². The molecule has 2 heterocycles. The van der Waals surface area contributed by atoms with Crippen LogP contribution < -0.4 is 10.1 Å². The third-order valence-electron chi connectivity index (χ3n) is 7.06. The van der Waals surface area contributed by atoms with Gasteiger partial charge in [0, 0.05) is 55.4 Å². The van der Waals surface area contributed by atoms with Crippen LogP contribution in [0.5, 0.6) is 5.75 Å². The summed E-state index contributed by atoms with van der Waals surface area (Å²) in [6, 6.07) is 10.8. The number of carbonyl (C=O) groups is 1. The highest BCUT2D eigenvalue weighted by molar-refractivity contribution is 6.32. The first-order chi connectivity index (χ1) is 16.0. The SMILES string of the molecule is CNC(=O)C1CCC(CN2CCOc3c(Cl)cc(-n4ccc5cc(F)ccc54)cc3C2)CC1. The topological polar surface area (TPSA) is 46.5 Å². The number of rotatable bonds is 4. The maximum atomic E-state index is 13.6. The van der Waals surface area contributed by atoms with Crippen molar-refractivity contribution in [3.63, 3.8) is 0 Å². The number of nitrogens with one attached hydrogen (secondary N) is 1. The van der Waals surface area contributed by atoms with Gasteiger partial charge >= 0.3 is 0 Å². The van der Waals surface area contributed by atoms with Gasteiger partial charge in [-0.2, -0.15) is 0 Å². The summed E-state index contributed by atoms with van der Waals surface area (Å²) in [5.41, 5.74) is 2.95. The molecule has 2 aromatic carbocycles. The molecule has 0 bridgehead atoms. The van der Waals surface area contributed by atoms with Gasteiger partial charge in [-0.15, -0.1) is 0 Å². The second kappa shape index (κ2) is 9.35. The van der Waals surface area contributed by atoms with E-state index in [1.165, 1.54) is 6.07 Å². The summed E-state index contributed by atoms with van der Waals surface area (Å²) >= 11 is 6.66. The largest absolute Gasteiger partial charge is 0.490 e. The molecule has 1 saturated carbocycles. The highest BCUT2D eigenvalue weighted by Crippen LogP contribution is 2.36. The van der Waals surface area contributed by atoms with Crippen LogP contribution in [-0.2, 0) is 11.3 Å². The molecule has 1 fully saturated rings. The van der Waals surface area contributed by atoms with Crippen molar-refractivity contribution in [3.05, 3.63) is 59.0 Å². The number of hydrogen-bond donors (Lipinski definition) is 1. The molecule has 7 heteroatoms. The minimum Gasteiger partial charge on any atom is -0.490 e. The maximum Gasteiger partial charge on any atom is 0.222 e. The van der Waals surface area contributed by atoms with E-state index in [2.05, 4.69) is 16.3 Å². The van der Waals surface area contributed by atoms with E-state index >= 15 is 0 Å². The molecule has 5 nitrogen and oxygen atoms in total. The molecule has 0 saturated heterocycles. The fourth-order valence-electron chi connectivity index (χ4n) is 5.32. The molecule has 1 aromatic heterocycles. The molecule has 174 valence electrons. The van der Waals surface area contributed by atoms with Crippen LogP contribution in [0.4, 0.5) is 4.39 Å². The van der Waals surface area contributed by atoms with Crippen LogP contribution in [-0.4, -0.2) is 42.1 Å². The van der Waals surface area contributed by atoms with E-state index in [1.54, 1.807) is 19.2 Å². The van der Waals surface area contributed by atoms with Crippen molar-refractivity contribution < 1.29 is 13.9 Å². The molecule has 0 radical (unpaired) electrons. The molecule has 0 atom stereocenters. The normalized spacial score (nSPS) is 21.3. The van der Waals surface area contributed by atoms with Crippen LogP contribution >= 0.6 is 11.6 Å². The van der Waals surface area contributed by atoms with E-state index in [0.29, 0.717) is 17.5 Å². The number of hydrogen-bond acceptors (Lipinski definition) is 3. The lowest BCUT2D eigenvalue weighted by molar-refractivity contribution is -0.125. The van der Waals surface area contributed by atoms with Crippen molar-refractivity contribution in [2.75, 3.05) is 26.7 Å². The van der Waals surface area contributed by atoms with E-state index in [-0.39, 0.29) is 17.6 Å². The van der Waals surface area contributed by atoms with E-state index in [9.17, 15) is 9.18 Å². The maximum absolute atomic E-state index is 13.6. The third-order valence-corrected chi connectivity index (χ3v) is 7.34. The van der Waals surface area contributed by atoms with Gasteiger partial charge in [-0.05, 0) is 68.0 Å². The van der Waals surface area contributed by atoms with Crippen molar-refractivity contribution in [3.8, 4) is 11.4 Å². The monoisotopic (exact) mass is 469 g/mol. The molecular weight excluding hydrogens is 441 g/mol. The van der Waals surface area contributed by atoms with Crippen molar-refractivity contribution in [2.45, 2.75) is 32.2 Å². The summed E-state index contributed by atoms with van der Waals surface area (Å²) in [5, 5.41) is 4.24. The van der Waals surface area contributed by atoms with Gasteiger partial charge in [0.05, 0.1) is 10.5 Å². The van der Waals surface area contributed by atoms with Crippen molar-refractivity contribution in [1.29, 1.82) is 0 Å². The third kappa shape index (κ3) is 4.59. The highest BCUT2D eigenvalue weighted by atomic mass is 35.5. The lowest BCUT2D eigenvalue weighted by Crippen LogP contribution is -2.35. The number of nitrogens with zero attached hydrogens (tertiary/aromatic N) is 2. The zero-order valence-electron chi connectivity index (χ0n) is 18.8. The smallest absolute Gasteiger partial charge is 0.222 e. The number of halogens is 2. The fraction of sp³-hybridized carbons (Fsp3) is 0.423. The summed E-state index contributed by atoms with van der Waals surface area (Å²) < 4.78 is 21.7. The van der Waals surface area contributed by atoms with Gasteiger partial charge in [0.15, 0.2) is 0 Å². The Morgan fingerprint density at radius 3 is 2.79 bits per heavy atom. The van der Waals surface area contributed by atoms with Gasteiger partial charge in [-0.25, -0.2) is 4.39 Å². The highest BCUT2D eigenvalue weighted by Gasteiger charge is 2.28. The Balaban J connectivity index is 1.35. The molecule has 33 heavy (non-hydrogen) atoms. The molecule has 1 aliphatic heterocycles. The number of ether oxygens (including phenoxy) is 1. The second-order valence-corrected chi connectivity index (χ2v) is 9.63. The molecule has 1 amide bonds. The Kier molecular flexibility index (Phi) is 6.30. The summed E-state index contributed by atoms with van der Waals surface area (Å²) in [6.45, 7) is 3.22. The Morgan fingerprint density at radius 1 is 1.18 bits per heavy atom. The quantitative estimate of drug-likeness (QED) is 0.573. The molecule has 5 rings (SSSR count). The van der Waals surface area contributed by atoms with Gasteiger partial charge < -0.3 is 14.6 Å². The summed E-state index contributed by atoms with van der Waals surface area (Å²) in [5.74, 6) is 1.44. The van der Waals surface area contributed by atoms with Crippen molar-refractivity contribution in [2.24, 2.45) is 11.8 Å². The summed E-state index contributed by atoms with van der Waals surface area (Å²) in [4.78, 5) is 14.4. The number of aromatic nitrogens is 1. The number of fused-ring (bicyclic) bond motifs is 2. The van der Waals surface area contributed by atoms with Crippen LogP contribution in [0.15, 0.2) is 42.6 Å². The Bertz CT molecular complexity index is 1170. The fourth-order valence-corrected chi connectivity index (χ4v) is 5.61. The Hall–Kier alpha value is -2.57. The first-order valence-corrected chi connectivity index (χ1v) is 12.1. The van der Waals surface area contributed by atoms with Crippen LogP contribution in [0.3, 0.4) is 0 Å². The van der Waals surface area contributed by atoms with Crippen LogP contribution in [0.25, 0.3) is 16.6 Å². The van der Waals surface area contributed by atoms with E-state index in [1.807, 2.05) is 22.9 Å². The summed E-state index contributed by atoms with van der Waals surface area (Å²) in [7, 11) is 1.72. The van der Waals surface area contributed by atoms with E-state index in [0.717, 1.165) is 73.2 Å². The van der Waals surface area contributed by atoms with Gasteiger partial charge in [0.1, 0.15) is 18.2 Å². The van der Waals surface area contributed by atoms with Crippen LogP contribution in [0.2, 0.25) is 5.02 Å². The van der Waals surface area contributed by atoms with E-state index in [4.69, 9.17) is 16.3 Å². The number of benzene rings is 2. The van der Waals surface area contributed by atoms with Gasteiger partial charge in [-0.3, -0.25) is 9.69 Å². The second-order valence-electron chi connectivity index (χ2n) is 9.22. The van der Waals surface area contributed by atoms with Crippen LogP contribution in [0, 0.1) is 17.7 Å². The van der Waals surface area contributed by atoms with Gasteiger partial charge in [0.2, 0.25) is 5.91 Å². The molecule has 0 spiro atoms. The van der Waals surface area contributed by atoms with Gasteiger partial charge in [-0.1, -0.05) is 11.6 Å². The molecule has 2 aliphatic rings. The van der Waals surface area contributed by atoms with Crippen molar-refractivity contribution >= 4 is 28.4 Å². The standard InChI is InChI=1S/C26H29ClFN3O2/c1-29-26(32)18-4-2-17(3-5-18)15-30-10-11-33-25-20(16-30)13-22(14-23(25)27)31-9-8-19-12-21(28)6-7-24(19)31/h6-9,12-14,17-18H,2-5,10-11,15-16H2,1H3,(H,29,32). The van der Waals surface area contributed by atoms with Crippen molar-refractivity contribution in [1.82, 2.24) is 14.8 Å². The van der Waals surface area contributed by atoms with E-state index < -0.39 is 0 Å². The number of amides is 1. The number of carbonyl (C=O) groups excluding carboxylic acids is 1. The molecule has 1 N–H and O–H groups in total. The summed E-state index contributed by atoms with van der Waals surface area (Å²) in [6.07, 6.45) is 6.03. The first kappa shape index (κ1) is 22.2. The minimum absolute atomic E-state index is 0.158. The molecule has 1 aliphatic carbocycles. The first-order valence-electron chi connectivity index (χ1n) is 11.7. The Labute approximate surface area is 198 Å². The Morgan fingerprint density at radius 2 is 2.00 bits per heavy atom. The lowest BCUT2D eigenvalue weighted by Gasteiger charge is -2.31. The zero-order valence-corrected chi connectivity index (χ0v) is 19.6. The average Bonchev–Trinajstić information content (AvgIpc) is 3.12. The molecule has 0 unspecified atom stereocenters. The predicted molar refractivity (Wildman–Crippen MR) is 129 cm³/mol. The molecular formula is C26H29ClFN3O2. The lowest BCUT2D eigenvalue weighted by atomic mass is 9.81.